The molecular weight excluding hydrogens is 370 g/mol. The molecule has 0 aliphatic carbocycles. The molecule has 144 valence electrons. The second kappa shape index (κ2) is 8.74. The van der Waals surface area contributed by atoms with Crippen LogP contribution in [-0.2, 0) is 10.0 Å². The van der Waals surface area contributed by atoms with Crippen LogP contribution < -0.4 is 5.32 Å². The zero-order valence-corrected chi connectivity index (χ0v) is 15.9. The van der Waals surface area contributed by atoms with Crippen LogP contribution in [0, 0.1) is 10.1 Å². The number of amides is 1. The van der Waals surface area contributed by atoms with Gasteiger partial charge in [-0.15, -0.1) is 0 Å². The highest BCUT2D eigenvalue weighted by Gasteiger charge is 2.20. The van der Waals surface area contributed by atoms with Crippen molar-refractivity contribution in [3.8, 4) is 0 Å². The number of unbranched alkanes of at least 4 members (excludes halogenated alkanes) is 1. The second-order valence-electron chi connectivity index (χ2n) is 5.96. The summed E-state index contributed by atoms with van der Waals surface area (Å²) in [4.78, 5) is 22.4. The zero-order chi connectivity index (χ0) is 20.0. The van der Waals surface area contributed by atoms with Crippen LogP contribution in [-0.4, -0.2) is 37.1 Å². The number of nitro groups is 1. The van der Waals surface area contributed by atoms with Gasteiger partial charge < -0.3 is 5.32 Å². The number of carbonyl (C=O) groups is 1. The third kappa shape index (κ3) is 5.11. The molecule has 8 nitrogen and oxygen atoms in total. The molecule has 0 aliphatic heterocycles. The molecule has 0 spiro atoms. The van der Waals surface area contributed by atoms with Crippen LogP contribution in [0.25, 0.3) is 0 Å². The average molecular weight is 391 g/mol. The van der Waals surface area contributed by atoms with Crippen LogP contribution >= 0.6 is 0 Å². The topological polar surface area (TPSA) is 110 Å². The molecule has 0 radical (unpaired) electrons. The fourth-order valence-corrected chi connectivity index (χ4v) is 3.54. The van der Waals surface area contributed by atoms with Crippen molar-refractivity contribution in [1.29, 1.82) is 0 Å². The monoisotopic (exact) mass is 391 g/mol. The van der Waals surface area contributed by atoms with Crippen molar-refractivity contribution in [2.45, 2.75) is 24.7 Å². The molecule has 0 heterocycles. The van der Waals surface area contributed by atoms with Crippen LogP contribution in [0.15, 0.2) is 53.4 Å². The largest absolute Gasteiger partial charge is 0.322 e. The van der Waals surface area contributed by atoms with E-state index in [-0.39, 0.29) is 16.1 Å². The maximum atomic E-state index is 12.5. The molecule has 0 atom stereocenters. The Kier molecular flexibility index (Phi) is 6.65. The highest BCUT2D eigenvalue weighted by atomic mass is 32.2. The first-order chi connectivity index (χ1) is 12.8. The molecule has 0 saturated carbocycles. The van der Waals surface area contributed by atoms with Crippen molar-refractivity contribution < 1.29 is 18.1 Å². The molecule has 0 saturated heterocycles. The molecule has 0 aliphatic rings. The molecule has 2 aromatic carbocycles. The fraction of sp³-hybridized carbons (Fsp3) is 0.278. The lowest BCUT2D eigenvalue weighted by atomic mass is 10.2. The number of carbonyl (C=O) groups excluding carboxylic acids is 1. The Morgan fingerprint density at radius 2 is 1.70 bits per heavy atom. The lowest BCUT2D eigenvalue weighted by Crippen LogP contribution is -2.27. The summed E-state index contributed by atoms with van der Waals surface area (Å²) in [5.41, 5.74) is 0.582. The Bertz CT molecular complexity index is 909. The van der Waals surface area contributed by atoms with Crippen molar-refractivity contribution in [3.63, 3.8) is 0 Å². The minimum Gasteiger partial charge on any atom is -0.322 e. The molecule has 2 aromatic rings. The van der Waals surface area contributed by atoms with E-state index in [1.54, 1.807) is 0 Å². The van der Waals surface area contributed by atoms with Gasteiger partial charge >= 0.3 is 0 Å². The number of nitro benzene ring substituents is 1. The number of benzene rings is 2. The minimum atomic E-state index is -3.56. The van der Waals surface area contributed by atoms with Gasteiger partial charge in [0.2, 0.25) is 10.0 Å². The molecule has 0 unspecified atom stereocenters. The quantitative estimate of drug-likeness (QED) is 0.548. The van der Waals surface area contributed by atoms with Gasteiger partial charge in [0.15, 0.2) is 0 Å². The third-order valence-corrected chi connectivity index (χ3v) is 5.86. The van der Waals surface area contributed by atoms with Gasteiger partial charge in [-0.05, 0) is 42.8 Å². The van der Waals surface area contributed by atoms with Crippen molar-refractivity contribution in [3.05, 3.63) is 64.2 Å². The molecular formula is C18H21N3O5S. The molecule has 1 N–H and O–H groups in total. The minimum absolute atomic E-state index is 0.103. The Balaban J connectivity index is 2.08. The van der Waals surface area contributed by atoms with Gasteiger partial charge in [0.1, 0.15) is 0 Å². The predicted molar refractivity (Wildman–Crippen MR) is 102 cm³/mol. The van der Waals surface area contributed by atoms with Crippen LogP contribution in [0.1, 0.15) is 30.1 Å². The SMILES string of the molecule is CCCCN(C)S(=O)(=O)c1ccc(NC(=O)c2ccc([N+](=O)[O-])cc2)cc1. The zero-order valence-electron chi connectivity index (χ0n) is 15.1. The van der Waals surface area contributed by atoms with Crippen LogP contribution in [0.3, 0.4) is 0 Å². The fourth-order valence-electron chi connectivity index (χ4n) is 2.33. The van der Waals surface area contributed by atoms with Gasteiger partial charge in [0.05, 0.1) is 9.82 Å². The summed E-state index contributed by atoms with van der Waals surface area (Å²) in [5, 5.41) is 13.3. The number of nitrogens with one attached hydrogen (secondary N) is 1. The van der Waals surface area contributed by atoms with Crippen LogP contribution in [0.5, 0.6) is 0 Å². The first kappa shape index (κ1) is 20.5. The van der Waals surface area contributed by atoms with E-state index in [1.165, 1.54) is 59.9 Å². The van der Waals surface area contributed by atoms with E-state index in [0.717, 1.165) is 12.8 Å². The van der Waals surface area contributed by atoms with E-state index in [0.29, 0.717) is 12.2 Å². The summed E-state index contributed by atoms with van der Waals surface area (Å²) in [6.45, 7) is 2.43. The van der Waals surface area contributed by atoms with E-state index >= 15 is 0 Å². The first-order valence-electron chi connectivity index (χ1n) is 8.38. The summed E-state index contributed by atoms with van der Waals surface area (Å²) in [6, 6.07) is 11.1. The molecule has 1 amide bonds. The van der Waals surface area contributed by atoms with Crippen LogP contribution in [0.2, 0.25) is 0 Å². The standard InChI is InChI=1S/C18H21N3O5S/c1-3-4-13-20(2)27(25,26)17-11-7-15(8-12-17)19-18(22)14-5-9-16(10-6-14)21(23)24/h5-12H,3-4,13H2,1-2H3,(H,19,22). The first-order valence-corrected chi connectivity index (χ1v) is 9.82. The number of anilines is 1. The molecule has 2 rings (SSSR count). The number of sulfonamides is 1. The maximum Gasteiger partial charge on any atom is 0.269 e. The number of non-ortho nitro benzene ring substituents is 1. The van der Waals surface area contributed by atoms with Gasteiger partial charge in [-0.2, -0.15) is 0 Å². The van der Waals surface area contributed by atoms with E-state index in [9.17, 15) is 23.3 Å². The highest BCUT2D eigenvalue weighted by molar-refractivity contribution is 7.89. The van der Waals surface area contributed by atoms with Gasteiger partial charge in [0.25, 0.3) is 11.6 Å². The Labute approximate surface area is 158 Å². The number of hydrogen-bond acceptors (Lipinski definition) is 5. The summed E-state index contributed by atoms with van der Waals surface area (Å²) in [6.07, 6.45) is 1.67. The Morgan fingerprint density at radius 1 is 1.11 bits per heavy atom. The van der Waals surface area contributed by atoms with Gasteiger partial charge in [-0.3, -0.25) is 14.9 Å². The lowest BCUT2D eigenvalue weighted by Gasteiger charge is -2.17. The van der Waals surface area contributed by atoms with Crippen molar-refractivity contribution in [2.24, 2.45) is 0 Å². The number of hydrogen-bond donors (Lipinski definition) is 1. The van der Waals surface area contributed by atoms with Crippen molar-refractivity contribution in [2.75, 3.05) is 18.9 Å². The Hall–Kier alpha value is -2.78. The molecule has 0 aromatic heterocycles. The van der Waals surface area contributed by atoms with Crippen molar-refractivity contribution >= 4 is 27.3 Å². The van der Waals surface area contributed by atoms with E-state index < -0.39 is 20.9 Å². The third-order valence-electron chi connectivity index (χ3n) is 3.99. The summed E-state index contributed by atoms with van der Waals surface area (Å²) >= 11 is 0. The molecule has 9 heteroatoms. The van der Waals surface area contributed by atoms with E-state index in [2.05, 4.69) is 5.32 Å². The summed E-state index contributed by atoms with van der Waals surface area (Å²) in [5.74, 6) is -0.444. The molecule has 27 heavy (non-hydrogen) atoms. The van der Waals surface area contributed by atoms with Gasteiger partial charge in [0, 0.05) is 37.0 Å². The van der Waals surface area contributed by atoms with Crippen molar-refractivity contribution in [1.82, 2.24) is 4.31 Å². The smallest absolute Gasteiger partial charge is 0.269 e. The number of nitrogens with zero attached hydrogens (tertiary/aromatic N) is 2. The summed E-state index contributed by atoms with van der Waals surface area (Å²) < 4.78 is 26.2. The normalized spacial score (nSPS) is 11.4. The highest BCUT2D eigenvalue weighted by Crippen LogP contribution is 2.19. The van der Waals surface area contributed by atoms with E-state index in [1.807, 2.05) is 6.92 Å². The lowest BCUT2D eigenvalue weighted by molar-refractivity contribution is -0.384. The number of rotatable bonds is 8. The molecule has 0 fully saturated rings. The van der Waals surface area contributed by atoms with Gasteiger partial charge in [-0.25, -0.2) is 12.7 Å². The van der Waals surface area contributed by atoms with E-state index in [4.69, 9.17) is 0 Å². The second-order valence-corrected chi connectivity index (χ2v) is 8.01. The average Bonchev–Trinajstić information content (AvgIpc) is 2.66. The summed E-state index contributed by atoms with van der Waals surface area (Å²) in [7, 11) is -2.03. The van der Waals surface area contributed by atoms with Crippen LogP contribution in [0.4, 0.5) is 11.4 Å². The van der Waals surface area contributed by atoms with Gasteiger partial charge in [-0.1, -0.05) is 13.3 Å². The Morgan fingerprint density at radius 3 is 2.22 bits per heavy atom. The maximum absolute atomic E-state index is 12.5. The predicted octanol–water partition coefficient (Wildman–Crippen LogP) is 3.27. The molecule has 0 bridgehead atoms.